The minimum absolute atomic E-state index is 0.196. The zero-order valence-corrected chi connectivity index (χ0v) is 27.0. The van der Waals surface area contributed by atoms with Crippen LogP contribution in [0.5, 0.6) is 0 Å². The number of nitrogens with one attached hydrogen (secondary N) is 2. The fraction of sp³-hybridized carbons (Fsp3) is 0.444. The van der Waals surface area contributed by atoms with Crippen molar-refractivity contribution in [2.75, 3.05) is 7.11 Å². The van der Waals surface area contributed by atoms with Crippen molar-refractivity contribution < 1.29 is 9.53 Å². The van der Waals surface area contributed by atoms with Crippen LogP contribution in [0.15, 0.2) is 26.8 Å². The topological polar surface area (TPSA) is 154 Å². The number of methoxy groups -OCH3 is 1. The van der Waals surface area contributed by atoms with Crippen LogP contribution in [0.2, 0.25) is 0 Å². The Morgan fingerprint density at radius 1 is 0.911 bits per heavy atom. The van der Waals surface area contributed by atoms with Crippen molar-refractivity contribution in [1.82, 2.24) is 9.97 Å². The molecule has 6 rings (SSSR count). The van der Waals surface area contributed by atoms with E-state index in [4.69, 9.17) is 14.7 Å². The molecule has 2 aromatic heterocycles. The summed E-state index contributed by atoms with van der Waals surface area (Å²) in [7, 11) is 1.35. The second-order valence-electron chi connectivity index (χ2n) is 13.6. The van der Waals surface area contributed by atoms with E-state index in [0.717, 1.165) is 67.6 Å². The summed E-state index contributed by atoms with van der Waals surface area (Å²) >= 11 is 0. The van der Waals surface area contributed by atoms with E-state index in [-0.39, 0.29) is 23.2 Å². The van der Waals surface area contributed by atoms with Crippen LogP contribution in [0.25, 0.3) is 18.2 Å². The van der Waals surface area contributed by atoms with Gasteiger partial charge in [-0.3, -0.25) is 9.79 Å². The first-order valence-electron chi connectivity index (χ1n) is 15.3. The Kier molecular flexibility index (Phi) is 6.90. The highest BCUT2D eigenvalue weighted by atomic mass is 16.5. The van der Waals surface area contributed by atoms with Crippen LogP contribution in [-0.4, -0.2) is 40.0 Å². The van der Waals surface area contributed by atoms with E-state index in [2.05, 4.69) is 81.9 Å². The molecule has 2 N–H and O–H groups in total. The van der Waals surface area contributed by atoms with Gasteiger partial charge < -0.3 is 14.7 Å². The van der Waals surface area contributed by atoms with Gasteiger partial charge in [-0.25, -0.2) is 4.99 Å². The van der Waals surface area contributed by atoms with E-state index in [1.54, 1.807) is 0 Å². The van der Waals surface area contributed by atoms with E-state index in [1.165, 1.54) is 7.11 Å². The lowest BCUT2D eigenvalue weighted by Crippen LogP contribution is -2.34. The van der Waals surface area contributed by atoms with Crippen molar-refractivity contribution in [1.29, 1.82) is 15.8 Å². The summed E-state index contributed by atoms with van der Waals surface area (Å²) in [6.45, 7) is 14.4. The number of nitriles is 3. The number of hydrogen-bond donors (Lipinski definition) is 2. The molecule has 0 spiro atoms. The van der Waals surface area contributed by atoms with Crippen LogP contribution in [0, 0.1) is 90.8 Å². The van der Waals surface area contributed by atoms with Gasteiger partial charge in [-0.2, -0.15) is 15.8 Å². The smallest absolute Gasteiger partial charge is 0.310 e. The highest BCUT2D eigenvalue weighted by Gasteiger charge is 2.59. The van der Waals surface area contributed by atoms with E-state index >= 15 is 0 Å². The van der Waals surface area contributed by atoms with Gasteiger partial charge in [0.2, 0.25) is 0 Å². The minimum Gasteiger partial charge on any atom is -0.469 e. The van der Waals surface area contributed by atoms with Gasteiger partial charge >= 0.3 is 5.97 Å². The summed E-state index contributed by atoms with van der Waals surface area (Å²) in [6, 6.07) is 6.94. The first kappa shape index (κ1) is 30.1. The van der Waals surface area contributed by atoms with Crippen LogP contribution in [0.1, 0.15) is 67.3 Å². The van der Waals surface area contributed by atoms with Gasteiger partial charge in [-0.1, -0.05) is 13.8 Å². The molecule has 4 aliphatic rings. The van der Waals surface area contributed by atoms with Crippen LogP contribution >= 0.6 is 0 Å². The largest absolute Gasteiger partial charge is 0.469 e. The number of nitrogens with zero attached hydrogens (tertiary/aromatic N) is 5. The molecule has 1 fully saturated rings. The second kappa shape index (κ2) is 10.3. The average molecular weight is 600 g/mol. The zero-order chi connectivity index (χ0) is 32.6. The summed E-state index contributed by atoms with van der Waals surface area (Å²) < 4.78 is 5.08. The lowest BCUT2D eigenvalue weighted by Gasteiger charge is -2.29. The molecule has 1 saturated carbocycles. The predicted octanol–water partition coefficient (Wildman–Crippen LogP) is 4.53. The monoisotopic (exact) mass is 599 g/mol. The lowest BCUT2D eigenvalue weighted by molar-refractivity contribution is -0.147. The highest BCUT2D eigenvalue weighted by Crippen LogP contribution is 2.59. The molecular formula is C36H37N7O2. The lowest BCUT2D eigenvalue weighted by atomic mass is 9.74. The maximum absolute atomic E-state index is 12.7. The molecule has 2 aliphatic heterocycles. The molecule has 0 radical (unpaired) electrons. The summed E-state index contributed by atoms with van der Waals surface area (Å²) in [5, 5.41) is 31.5. The highest BCUT2D eigenvalue weighted by molar-refractivity contribution is 6.16. The molecular weight excluding hydrogens is 562 g/mol. The van der Waals surface area contributed by atoms with Crippen LogP contribution in [0.4, 0.5) is 0 Å². The first-order chi connectivity index (χ1) is 21.3. The number of esters is 1. The average Bonchev–Trinajstić information content (AvgIpc) is 3.82. The fourth-order valence-corrected chi connectivity index (χ4v) is 7.61. The zero-order valence-electron chi connectivity index (χ0n) is 27.0. The number of carbonyl (C=O) groups is 1. The van der Waals surface area contributed by atoms with Crippen molar-refractivity contribution in [2.24, 2.45) is 39.1 Å². The number of ether oxygens (including phenoxy) is 1. The Balaban J connectivity index is 1.39. The predicted molar refractivity (Wildman–Crippen MR) is 172 cm³/mol. The Hall–Kier alpha value is -4.94. The molecule has 9 nitrogen and oxygen atoms in total. The van der Waals surface area contributed by atoms with Crippen molar-refractivity contribution in [2.45, 2.75) is 66.8 Å². The molecule has 2 aromatic rings. The summed E-state index contributed by atoms with van der Waals surface area (Å²) in [6.07, 6.45) is 7.51. The summed E-state index contributed by atoms with van der Waals surface area (Å²) in [5.74, 6) is -1.86. The number of carbonyl (C=O) groups excluding carboxylic acids is 1. The molecule has 0 aromatic carbocycles. The molecule has 4 heterocycles. The molecule has 0 amide bonds. The van der Waals surface area contributed by atoms with Crippen molar-refractivity contribution in [3.05, 3.63) is 61.2 Å². The maximum atomic E-state index is 12.7. The minimum atomic E-state index is -0.753. The number of aliphatic imine (C=N–C) groups is 2. The third kappa shape index (κ3) is 4.35. The molecule has 0 saturated heterocycles. The Labute approximate surface area is 263 Å². The quantitative estimate of drug-likeness (QED) is 0.494. The number of hydrogen-bond acceptors (Lipinski definition) is 7. The third-order valence-corrected chi connectivity index (χ3v) is 11.0. The van der Waals surface area contributed by atoms with E-state index in [9.17, 15) is 20.6 Å². The number of aromatic amines is 2. The molecule has 2 aliphatic carbocycles. The maximum Gasteiger partial charge on any atom is 0.310 e. The number of allylic oxidation sites excluding steroid dienone is 2. The van der Waals surface area contributed by atoms with Gasteiger partial charge in [0.05, 0.1) is 36.8 Å². The first-order valence-corrected chi connectivity index (χ1v) is 15.3. The van der Waals surface area contributed by atoms with E-state index < -0.39 is 17.4 Å². The molecule has 9 heteroatoms. The number of aromatic nitrogens is 2. The standard InChI is InChI=1S/C36H37N7O2/c1-17-18(2)26(40-25(17)9-21-13-35(5,6)36(7,16-39)43-21)11-27-19(3)20(4)28(41-27)12-29-33-23-10-22(32(33)30(15-38)42-29)24(14-37)31(23)34(44)45-8/h9,11-12,22-24,31,40-41H,10,13H2,1-8H3/b25-9+,26-11-,29-12-/t22-,23+,24+,31+,36?/m1/s1. The number of rotatable bonds is 4. The van der Waals surface area contributed by atoms with Crippen LogP contribution in [-0.2, 0) is 9.53 Å². The Bertz CT molecular complexity index is 2060. The SMILES string of the molecule is COC(=O)[C@@H]1[C@@H](C#N)[C@H]2C[C@@H]1C1=C2C(C#N)=N/C1=C\c1[nH]c(/C=c2\[nH]/c(=C/C3=NC(C)(C#N)C(C)(C)C3)c(C)c2C)c(C)c1C. The van der Waals surface area contributed by atoms with Gasteiger partial charge in [0, 0.05) is 45.0 Å². The third-order valence-electron chi connectivity index (χ3n) is 11.0. The van der Waals surface area contributed by atoms with Gasteiger partial charge in [0.15, 0.2) is 0 Å². The summed E-state index contributed by atoms with van der Waals surface area (Å²) in [4.78, 5) is 29.3. The van der Waals surface area contributed by atoms with Crippen molar-refractivity contribution in [3.8, 4) is 18.2 Å². The summed E-state index contributed by atoms with van der Waals surface area (Å²) in [5.41, 5.74) is 8.89. The molecule has 1 unspecified atom stereocenters. The van der Waals surface area contributed by atoms with Gasteiger partial charge in [0.25, 0.3) is 0 Å². The van der Waals surface area contributed by atoms with Gasteiger partial charge in [-0.05, 0) is 99.1 Å². The number of H-pyrrole nitrogens is 2. The Morgan fingerprint density at radius 2 is 1.56 bits per heavy atom. The second-order valence-corrected chi connectivity index (χ2v) is 13.6. The molecule has 228 valence electrons. The molecule has 45 heavy (non-hydrogen) atoms. The van der Waals surface area contributed by atoms with Crippen molar-refractivity contribution >= 4 is 35.6 Å². The number of fused-ring (bicyclic) bond motifs is 4. The van der Waals surface area contributed by atoms with Crippen LogP contribution < -0.4 is 10.7 Å². The van der Waals surface area contributed by atoms with Gasteiger partial charge in [-0.15, -0.1) is 0 Å². The van der Waals surface area contributed by atoms with E-state index in [0.29, 0.717) is 17.8 Å². The van der Waals surface area contributed by atoms with Gasteiger partial charge in [0.1, 0.15) is 17.3 Å². The molecule has 2 bridgehead atoms. The normalized spacial score (nSPS) is 29.5. The van der Waals surface area contributed by atoms with E-state index in [1.807, 2.05) is 13.0 Å². The molecule has 5 atom stereocenters. The Morgan fingerprint density at radius 3 is 2.13 bits per heavy atom. The van der Waals surface area contributed by atoms with Crippen molar-refractivity contribution in [3.63, 3.8) is 0 Å². The fourth-order valence-electron chi connectivity index (χ4n) is 7.61. The van der Waals surface area contributed by atoms with Crippen LogP contribution in [0.3, 0.4) is 0 Å².